The number of anilines is 1. The van der Waals surface area contributed by atoms with Crippen molar-refractivity contribution in [2.75, 3.05) is 31.8 Å². The van der Waals surface area contributed by atoms with Gasteiger partial charge in [-0.2, -0.15) is 11.8 Å². The van der Waals surface area contributed by atoms with Crippen LogP contribution in [0.25, 0.3) is 0 Å². The summed E-state index contributed by atoms with van der Waals surface area (Å²) in [5.74, 6) is 3.62. The SMILES string of the molecule is COc1ccc(NC(N)=NCCSCc2ccc(C)cc2)cc1OC. The summed E-state index contributed by atoms with van der Waals surface area (Å²) < 4.78 is 10.5. The Kier molecular flexibility index (Phi) is 7.47. The van der Waals surface area contributed by atoms with E-state index in [1.165, 1.54) is 11.1 Å². The molecule has 0 aromatic heterocycles. The fraction of sp³-hybridized carbons (Fsp3) is 0.316. The zero-order valence-electron chi connectivity index (χ0n) is 14.9. The standard InChI is InChI=1S/C19H25N3O2S/c1-14-4-6-15(7-5-14)13-25-11-10-21-19(20)22-16-8-9-17(23-2)18(12-16)24-3/h4-9,12H,10-11,13H2,1-3H3,(H3,20,21,22). The second-order valence-electron chi connectivity index (χ2n) is 5.50. The number of methoxy groups -OCH3 is 2. The fourth-order valence-corrected chi connectivity index (χ4v) is 3.00. The predicted octanol–water partition coefficient (Wildman–Crippen LogP) is 3.67. The van der Waals surface area contributed by atoms with E-state index in [1.54, 1.807) is 14.2 Å². The summed E-state index contributed by atoms with van der Waals surface area (Å²) in [6.07, 6.45) is 0. The maximum absolute atomic E-state index is 5.94. The predicted molar refractivity (Wildman–Crippen MR) is 107 cm³/mol. The van der Waals surface area contributed by atoms with Crippen molar-refractivity contribution >= 4 is 23.4 Å². The normalized spacial score (nSPS) is 11.2. The van der Waals surface area contributed by atoms with Crippen LogP contribution in [0.5, 0.6) is 11.5 Å². The number of ether oxygens (including phenoxy) is 2. The molecule has 0 radical (unpaired) electrons. The molecule has 2 rings (SSSR count). The summed E-state index contributed by atoms with van der Waals surface area (Å²) in [5, 5.41) is 3.07. The summed E-state index contributed by atoms with van der Waals surface area (Å²) in [5.41, 5.74) is 9.36. The third-order valence-electron chi connectivity index (χ3n) is 3.56. The molecule has 134 valence electrons. The molecule has 0 aliphatic rings. The molecule has 2 aromatic carbocycles. The Hall–Kier alpha value is -2.34. The van der Waals surface area contributed by atoms with E-state index in [0.717, 1.165) is 17.2 Å². The highest BCUT2D eigenvalue weighted by molar-refractivity contribution is 7.98. The number of aryl methyl sites for hydroxylation is 1. The zero-order valence-corrected chi connectivity index (χ0v) is 15.7. The highest BCUT2D eigenvalue weighted by atomic mass is 32.2. The minimum atomic E-state index is 0.392. The first-order valence-electron chi connectivity index (χ1n) is 8.04. The maximum Gasteiger partial charge on any atom is 0.193 e. The van der Waals surface area contributed by atoms with E-state index < -0.39 is 0 Å². The van der Waals surface area contributed by atoms with Crippen LogP contribution in [-0.2, 0) is 5.75 Å². The second kappa shape index (κ2) is 9.84. The molecule has 0 spiro atoms. The number of rotatable bonds is 8. The molecule has 6 heteroatoms. The van der Waals surface area contributed by atoms with E-state index in [2.05, 4.69) is 41.5 Å². The lowest BCUT2D eigenvalue weighted by Crippen LogP contribution is -2.23. The number of hydrogen-bond donors (Lipinski definition) is 2. The molecule has 0 fully saturated rings. The van der Waals surface area contributed by atoms with Crippen LogP contribution in [0.1, 0.15) is 11.1 Å². The van der Waals surface area contributed by atoms with Crippen LogP contribution in [0.15, 0.2) is 47.5 Å². The molecular weight excluding hydrogens is 334 g/mol. The van der Waals surface area contributed by atoms with Gasteiger partial charge in [0.05, 0.1) is 20.8 Å². The van der Waals surface area contributed by atoms with Crippen LogP contribution >= 0.6 is 11.8 Å². The molecule has 0 saturated heterocycles. The molecule has 5 nitrogen and oxygen atoms in total. The average Bonchev–Trinajstić information content (AvgIpc) is 2.62. The van der Waals surface area contributed by atoms with Crippen LogP contribution in [0.2, 0.25) is 0 Å². The molecule has 0 saturated carbocycles. The van der Waals surface area contributed by atoms with E-state index in [1.807, 2.05) is 30.0 Å². The lowest BCUT2D eigenvalue weighted by Gasteiger charge is -2.10. The van der Waals surface area contributed by atoms with Gasteiger partial charge in [0.1, 0.15) is 0 Å². The number of nitrogens with two attached hydrogens (primary N) is 1. The highest BCUT2D eigenvalue weighted by Crippen LogP contribution is 2.29. The Bertz CT molecular complexity index is 702. The van der Waals surface area contributed by atoms with Gasteiger partial charge in [-0.15, -0.1) is 0 Å². The number of aliphatic imine (C=N–C) groups is 1. The number of thioether (sulfide) groups is 1. The van der Waals surface area contributed by atoms with E-state index in [4.69, 9.17) is 15.2 Å². The Morgan fingerprint density at radius 2 is 1.80 bits per heavy atom. The Morgan fingerprint density at radius 1 is 1.08 bits per heavy atom. The molecule has 0 bridgehead atoms. The van der Waals surface area contributed by atoms with Gasteiger partial charge < -0.3 is 20.5 Å². The molecule has 0 aliphatic carbocycles. The number of hydrogen-bond acceptors (Lipinski definition) is 4. The van der Waals surface area contributed by atoms with Crippen LogP contribution in [0, 0.1) is 6.92 Å². The quantitative estimate of drug-likeness (QED) is 0.427. The van der Waals surface area contributed by atoms with Gasteiger partial charge in [-0.05, 0) is 24.6 Å². The number of benzene rings is 2. The van der Waals surface area contributed by atoms with E-state index in [-0.39, 0.29) is 0 Å². The smallest absolute Gasteiger partial charge is 0.193 e. The van der Waals surface area contributed by atoms with Crippen molar-refractivity contribution < 1.29 is 9.47 Å². The van der Waals surface area contributed by atoms with Gasteiger partial charge in [-0.25, -0.2) is 0 Å². The topological polar surface area (TPSA) is 68.9 Å². The van der Waals surface area contributed by atoms with Gasteiger partial charge in [-0.3, -0.25) is 4.99 Å². The highest BCUT2D eigenvalue weighted by Gasteiger charge is 2.05. The van der Waals surface area contributed by atoms with Crippen molar-refractivity contribution in [1.29, 1.82) is 0 Å². The van der Waals surface area contributed by atoms with Gasteiger partial charge in [0, 0.05) is 23.3 Å². The van der Waals surface area contributed by atoms with Gasteiger partial charge in [0.25, 0.3) is 0 Å². The monoisotopic (exact) mass is 359 g/mol. The molecule has 3 N–H and O–H groups in total. The van der Waals surface area contributed by atoms with Crippen molar-refractivity contribution in [2.45, 2.75) is 12.7 Å². The molecule has 2 aromatic rings. The Balaban J connectivity index is 1.76. The van der Waals surface area contributed by atoms with Crippen LogP contribution in [0.4, 0.5) is 5.69 Å². The third-order valence-corrected chi connectivity index (χ3v) is 4.57. The molecule has 0 heterocycles. The summed E-state index contributed by atoms with van der Waals surface area (Å²) in [7, 11) is 3.21. The summed E-state index contributed by atoms with van der Waals surface area (Å²) in [6, 6.07) is 14.1. The van der Waals surface area contributed by atoms with Gasteiger partial charge in [0.15, 0.2) is 17.5 Å². The average molecular weight is 359 g/mol. The minimum absolute atomic E-state index is 0.392. The lowest BCUT2D eigenvalue weighted by atomic mass is 10.2. The first-order valence-corrected chi connectivity index (χ1v) is 9.20. The van der Waals surface area contributed by atoms with Crippen molar-refractivity contribution in [1.82, 2.24) is 0 Å². The molecule has 0 atom stereocenters. The zero-order chi connectivity index (χ0) is 18.1. The van der Waals surface area contributed by atoms with Crippen molar-refractivity contribution in [2.24, 2.45) is 10.7 Å². The number of nitrogens with one attached hydrogen (secondary N) is 1. The summed E-state index contributed by atoms with van der Waals surface area (Å²) in [4.78, 5) is 4.35. The molecule has 25 heavy (non-hydrogen) atoms. The molecular formula is C19H25N3O2S. The maximum atomic E-state index is 5.94. The van der Waals surface area contributed by atoms with Gasteiger partial charge >= 0.3 is 0 Å². The van der Waals surface area contributed by atoms with Crippen LogP contribution in [0.3, 0.4) is 0 Å². The Labute approximate surface area is 153 Å². The van der Waals surface area contributed by atoms with Crippen LogP contribution in [-0.4, -0.2) is 32.5 Å². The van der Waals surface area contributed by atoms with E-state index in [9.17, 15) is 0 Å². The third kappa shape index (κ3) is 6.23. The number of guanidine groups is 1. The van der Waals surface area contributed by atoms with Crippen molar-refractivity contribution in [3.8, 4) is 11.5 Å². The fourth-order valence-electron chi connectivity index (χ4n) is 2.21. The minimum Gasteiger partial charge on any atom is -0.493 e. The first-order chi connectivity index (χ1) is 12.1. The van der Waals surface area contributed by atoms with Crippen molar-refractivity contribution in [3.05, 3.63) is 53.6 Å². The lowest BCUT2D eigenvalue weighted by molar-refractivity contribution is 0.355. The Morgan fingerprint density at radius 3 is 2.48 bits per heavy atom. The van der Waals surface area contributed by atoms with Gasteiger partial charge in [-0.1, -0.05) is 29.8 Å². The van der Waals surface area contributed by atoms with Crippen LogP contribution < -0.4 is 20.5 Å². The molecule has 0 unspecified atom stereocenters. The van der Waals surface area contributed by atoms with Gasteiger partial charge in [0.2, 0.25) is 0 Å². The largest absolute Gasteiger partial charge is 0.493 e. The molecule has 0 amide bonds. The van der Waals surface area contributed by atoms with E-state index in [0.29, 0.717) is 24.0 Å². The second-order valence-corrected chi connectivity index (χ2v) is 6.61. The first kappa shape index (κ1) is 19.0. The number of nitrogens with zero attached hydrogens (tertiary/aromatic N) is 1. The summed E-state index contributed by atoms with van der Waals surface area (Å²) >= 11 is 1.84. The van der Waals surface area contributed by atoms with E-state index >= 15 is 0 Å². The summed E-state index contributed by atoms with van der Waals surface area (Å²) in [6.45, 7) is 2.77. The van der Waals surface area contributed by atoms with Crippen molar-refractivity contribution in [3.63, 3.8) is 0 Å². The molecule has 0 aliphatic heterocycles.